The number of halogens is 2. The standard InChI is InChI=1S/C9H12Cl2N2/c1-5(2)8(12)6-3-4-13-9(11)7(6)10/h3-5,8H,12H2,1-2H3/t8-/m0/s1. The van der Waals surface area contributed by atoms with Crippen LogP contribution >= 0.6 is 23.2 Å². The summed E-state index contributed by atoms with van der Waals surface area (Å²) in [6.45, 7) is 4.07. The molecule has 0 spiro atoms. The number of aromatic nitrogens is 1. The van der Waals surface area contributed by atoms with Crippen molar-refractivity contribution in [3.63, 3.8) is 0 Å². The number of hydrogen-bond acceptors (Lipinski definition) is 2. The van der Waals surface area contributed by atoms with Gasteiger partial charge in [-0.1, -0.05) is 37.0 Å². The van der Waals surface area contributed by atoms with E-state index in [0.717, 1.165) is 5.56 Å². The highest BCUT2D eigenvalue weighted by molar-refractivity contribution is 6.41. The summed E-state index contributed by atoms with van der Waals surface area (Å²) in [5.74, 6) is 0.330. The molecule has 1 atom stereocenters. The van der Waals surface area contributed by atoms with Crippen LogP contribution in [0.3, 0.4) is 0 Å². The Balaban J connectivity index is 3.07. The van der Waals surface area contributed by atoms with Gasteiger partial charge in [0.15, 0.2) is 0 Å². The van der Waals surface area contributed by atoms with E-state index in [-0.39, 0.29) is 6.04 Å². The van der Waals surface area contributed by atoms with Crippen LogP contribution in [0.25, 0.3) is 0 Å². The SMILES string of the molecule is CC(C)[C@H](N)c1ccnc(Cl)c1Cl. The van der Waals surface area contributed by atoms with Crippen LogP contribution in [0.15, 0.2) is 12.3 Å². The quantitative estimate of drug-likeness (QED) is 0.776. The maximum Gasteiger partial charge on any atom is 0.147 e. The fraction of sp³-hybridized carbons (Fsp3) is 0.444. The van der Waals surface area contributed by atoms with E-state index < -0.39 is 0 Å². The van der Waals surface area contributed by atoms with Crippen LogP contribution in [0.4, 0.5) is 0 Å². The van der Waals surface area contributed by atoms with Crippen molar-refractivity contribution in [2.75, 3.05) is 0 Å². The van der Waals surface area contributed by atoms with E-state index in [2.05, 4.69) is 4.98 Å². The van der Waals surface area contributed by atoms with Crippen molar-refractivity contribution in [1.82, 2.24) is 4.98 Å². The average molecular weight is 219 g/mol. The van der Waals surface area contributed by atoms with Gasteiger partial charge in [0.25, 0.3) is 0 Å². The summed E-state index contributed by atoms with van der Waals surface area (Å²) >= 11 is 11.7. The first-order chi connectivity index (χ1) is 6.04. The molecule has 0 saturated carbocycles. The Hall–Kier alpha value is -0.310. The van der Waals surface area contributed by atoms with Gasteiger partial charge in [-0.15, -0.1) is 0 Å². The molecular weight excluding hydrogens is 207 g/mol. The molecule has 72 valence electrons. The van der Waals surface area contributed by atoms with E-state index in [9.17, 15) is 0 Å². The molecular formula is C9H12Cl2N2. The third-order valence-corrected chi connectivity index (χ3v) is 2.73. The Morgan fingerprint density at radius 2 is 2.00 bits per heavy atom. The highest BCUT2D eigenvalue weighted by Crippen LogP contribution is 2.30. The molecule has 1 aromatic heterocycles. The van der Waals surface area contributed by atoms with Gasteiger partial charge in [-0.3, -0.25) is 0 Å². The Morgan fingerprint density at radius 1 is 1.38 bits per heavy atom. The zero-order chi connectivity index (χ0) is 10.0. The van der Waals surface area contributed by atoms with Crippen molar-refractivity contribution in [2.24, 2.45) is 11.7 Å². The Labute approximate surface area is 88.1 Å². The minimum Gasteiger partial charge on any atom is -0.324 e. The van der Waals surface area contributed by atoms with Crippen LogP contribution in [0.1, 0.15) is 25.5 Å². The van der Waals surface area contributed by atoms with E-state index in [1.165, 1.54) is 0 Å². The molecule has 0 radical (unpaired) electrons. The largest absolute Gasteiger partial charge is 0.324 e. The molecule has 0 fully saturated rings. The number of pyridine rings is 1. The van der Waals surface area contributed by atoms with Gasteiger partial charge in [-0.25, -0.2) is 4.98 Å². The highest BCUT2D eigenvalue weighted by atomic mass is 35.5. The molecule has 2 N–H and O–H groups in total. The molecule has 0 bridgehead atoms. The zero-order valence-electron chi connectivity index (χ0n) is 7.59. The molecule has 0 amide bonds. The molecule has 0 aliphatic heterocycles. The van der Waals surface area contributed by atoms with E-state index in [0.29, 0.717) is 16.1 Å². The van der Waals surface area contributed by atoms with Crippen molar-refractivity contribution in [3.05, 3.63) is 28.0 Å². The normalized spacial score (nSPS) is 13.4. The van der Waals surface area contributed by atoms with Gasteiger partial charge >= 0.3 is 0 Å². The maximum atomic E-state index is 5.96. The lowest BCUT2D eigenvalue weighted by Crippen LogP contribution is -2.17. The van der Waals surface area contributed by atoms with Crippen LogP contribution in [-0.4, -0.2) is 4.98 Å². The molecule has 1 heterocycles. The summed E-state index contributed by atoms with van der Waals surface area (Å²) in [6, 6.07) is 1.71. The zero-order valence-corrected chi connectivity index (χ0v) is 9.10. The maximum absolute atomic E-state index is 5.96. The monoisotopic (exact) mass is 218 g/mol. The molecule has 0 aliphatic carbocycles. The van der Waals surface area contributed by atoms with Crippen LogP contribution < -0.4 is 5.73 Å². The van der Waals surface area contributed by atoms with Gasteiger partial charge in [0, 0.05) is 12.2 Å². The van der Waals surface area contributed by atoms with Gasteiger partial charge < -0.3 is 5.73 Å². The minimum atomic E-state index is -0.0898. The molecule has 1 aromatic rings. The van der Waals surface area contributed by atoms with Crippen LogP contribution in [0, 0.1) is 5.92 Å². The molecule has 0 aliphatic rings. The summed E-state index contributed by atoms with van der Waals surface area (Å²) in [5, 5.41) is 0.778. The van der Waals surface area contributed by atoms with Gasteiger partial charge in [0.05, 0.1) is 5.02 Å². The first-order valence-corrected chi connectivity index (χ1v) is 4.85. The second-order valence-corrected chi connectivity index (χ2v) is 4.01. The molecule has 0 saturated heterocycles. The summed E-state index contributed by atoms with van der Waals surface area (Å²) in [5.41, 5.74) is 6.79. The van der Waals surface area contributed by atoms with Gasteiger partial charge in [0.2, 0.25) is 0 Å². The molecule has 0 aromatic carbocycles. The van der Waals surface area contributed by atoms with Crippen LogP contribution in [0.2, 0.25) is 10.2 Å². The summed E-state index contributed by atoms with van der Waals surface area (Å²) in [4.78, 5) is 3.86. The lowest BCUT2D eigenvalue weighted by atomic mass is 9.98. The van der Waals surface area contributed by atoms with Crippen molar-refractivity contribution >= 4 is 23.2 Å². The third kappa shape index (κ3) is 2.33. The van der Waals surface area contributed by atoms with E-state index >= 15 is 0 Å². The first-order valence-electron chi connectivity index (χ1n) is 4.09. The Kier molecular flexibility index (Phi) is 3.54. The van der Waals surface area contributed by atoms with Crippen LogP contribution in [0.5, 0.6) is 0 Å². The van der Waals surface area contributed by atoms with Gasteiger partial charge in [-0.05, 0) is 17.5 Å². The van der Waals surface area contributed by atoms with Crippen molar-refractivity contribution in [2.45, 2.75) is 19.9 Å². The van der Waals surface area contributed by atoms with E-state index in [4.69, 9.17) is 28.9 Å². The molecule has 4 heteroatoms. The van der Waals surface area contributed by atoms with Gasteiger partial charge in [0.1, 0.15) is 5.15 Å². The average Bonchev–Trinajstić information content (AvgIpc) is 2.08. The fourth-order valence-corrected chi connectivity index (χ4v) is 1.45. The third-order valence-electron chi connectivity index (χ3n) is 1.95. The Bertz CT molecular complexity index is 300. The second kappa shape index (κ2) is 4.27. The highest BCUT2D eigenvalue weighted by Gasteiger charge is 2.15. The number of nitrogens with two attached hydrogens (primary N) is 1. The molecule has 13 heavy (non-hydrogen) atoms. The van der Waals surface area contributed by atoms with Crippen molar-refractivity contribution < 1.29 is 0 Å². The van der Waals surface area contributed by atoms with Crippen molar-refractivity contribution in [3.8, 4) is 0 Å². The number of nitrogens with zero attached hydrogens (tertiary/aromatic N) is 1. The van der Waals surface area contributed by atoms with Gasteiger partial charge in [-0.2, -0.15) is 0 Å². The predicted molar refractivity (Wildman–Crippen MR) is 56.0 cm³/mol. The van der Waals surface area contributed by atoms with Crippen LogP contribution in [-0.2, 0) is 0 Å². The fourth-order valence-electron chi connectivity index (χ4n) is 1.05. The molecule has 2 nitrogen and oxygen atoms in total. The topological polar surface area (TPSA) is 38.9 Å². The summed E-state index contributed by atoms with van der Waals surface area (Å²) < 4.78 is 0. The Morgan fingerprint density at radius 3 is 2.54 bits per heavy atom. The second-order valence-electron chi connectivity index (χ2n) is 3.27. The molecule has 0 unspecified atom stereocenters. The minimum absolute atomic E-state index is 0.0898. The number of hydrogen-bond donors (Lipinski definition) is 1. The lowest BCUT2D eigenvalue weighted by molar-refractivity contribution is 0.514. The summed E-state index contributed by atoms with van der Waals surface area (Å²) in [6.07, 6.45) is 1.62. The van der Waals surface area contributed by atoms with E-state index in [1.54, 1.807) is 12.3 Å². The lowest BCUT2D eigenvalue weighted by Gasteiger charge is -2.17. The van der Waals surface area contributed by atoms with E-state index in [1.807, 2.05) is 13.8 Å². The van der Waals surface area contributed by atoms with Crippen molar-refractivity contribution in [1.29, 1.82) is 0 Å². The summed E-state index contributed by atoms with van der Waals surface area (Å²) in [7, 11) is 0. The smallest absolute Gasteiger partial charge is 0.147 e. The predicted octanol–water partition coefficient (Wildman–Crippen LogP) is 3.04. The number of rotatable bonds is 2. The first kappa shape index (κ1) is 10.8. The molecule has 1 rings (SSSR count).